The van der Waals surface area contributed by atoms with Crippen LogP contribution >= 0.6 is 11.8 Å². The van der Waals surface area contributed by atoms with Crippen LogP contribution in [0.3, 0.4) is 0 Å². The maximum absolute atomic E-state index is 13.1. The number of aryl methyl sites for hydroxylation is 1. The van der Waals surface area contributed by atoms with Crippen LogP contribution in [0.1, 0.15) is 18.1 Å². The van der Waals surface area contributed by atoms with Crippen molar-refractivity contribution in [3.8, 4) is 0 Å². The summed E-state index contributed by atoms with van der Waals surface area (Å²) in [6.45, 7) is 3.94. The molecule has 1 atom stereocenters. The van der Waals surface area contributed by atoms with Gasteiger partial charge in [0.05, 0.1) is 22.7 Å². The largest absolute Gasteiger partial charge is 0.351 e. The maximum Gasteiger partial charge on any atom is 0.318 e. The average Bonchev–Trinajstić information content (AvgIpc) is 2.66. The van der Waals surface area contributed by atoms with Gasteiger partial charge in [0.15, 0.2) is 5.16 Å². The number of urea groups is 1. The molecule has 144 valence electrons. The molecule has 0 bridgehead atoms. The Balaban J connectivity index is 2.03. The highest BCUT2D eigenvalue weighted by molar-refractivity contribution is 8.00. The molecule has 2 aromatic carbocycles. The lowest BCUT2D eigenvalue weighted by molar-refractivity contribution is -0.119. The van der Waals surface area contributed by atoms with Crippen LogP contribution in [-0.4, -0.2) is 26.7 Å². The zero-order chi connectivity index (χ0) is 20.3. The van der Waals surface area contributed by atoms with E-state index in [9.17, 15) is 14.4 Å². The fourth-order valence-corrected chi connectivity index (χ4v) is 3.60. The van der Waals surface area contributed by atoms with E-state index in [4.69, 9.17) is 5.73 Å². The molecule has 0 aliphatic rings. The van der Waals surface area contributed by atoms with Crippen molar-refractivity contribution >= 4 is 34.6 Å². The third-order valence-electron chi connectivity index (χ3n) is 4.19. The quantitative estimate of drug-likeness (QED) is 0.509. The highest BCUT2D eigenvalue weighted by atomic mass is 32.2. The number of amides is 3. The normalized spacial score (nSPS) is 11.9. The summed E-state index contributed by atoms with van der Waals surface area (Å²) in [7, 11) is 0. The predicted molar refractivity (Wildman–Crippen MR) is 109 cm³/mol. The highest BCUT2D eigenvalue weighted by Gasteiger charge is 2.20. The number of aromatic nitrogens is 2. The van der Waals surface area contributed by atoms with Crippen LogP contribution in [0.2, 0.25) is 0 Å². The number of imide groups is 1. The van der Waals surface area contributed by atoms with E-state index < -0.39 is 17.2 Å². The van der Waals surface area contributed by atoms with Gasteiger partial charge in [-0.15, -0.1) is 0 Å². The number of benzene rings is 2. The lowest BCUT2D eigenvalue weighted by atomic mass is 10.1. The molecule has 3 aromatic rings. The van der Waals surface area contributed by atoms with Gasteiger partial charge in [-0.25, -0.2) is 9.78 Å². The Labute approximate surface area is 166 Å². The second-order valence-corrected chi connectivity index (χ2v) is 7.71. The number of nitrogens with zero attached hydrogens (tertiary/aromatic N) is 2. The van der Waals surface area contributed by atoms with Crippen LogP contribution in [-0.2, 0) is 11.3 Å². The van der Waals surface area contributed by atoms with E-state index in [1.165, 1.54) is 0 Å². The first-order valence-electron chi connectivity index (χ1n) is 8.67. The number of carbonyl (C=O) groups is 2. The molecule has 8 heteroatoms. The Morgan fingerprint density at radius 1 is 1.18 bits per heavy atom. The molecule has 1 heterocycles. The lowest BCUT2D eigenvalue weighted by Gasteiger charge is -2.16. The van der Waals surface area contributed by atoms with E-state index in [1.54, 1.807) is 35.8 Å². The van der Waals surface area contributed by atoms with Crippen LogP contribution in [0.15, 0.2) is 58.5 Å². The second-order valence-electron chi connectivity index (χ2n) is 6.40. The molecule has 0 saturated carbocycles. The first-order valence-corrected chi connectivity index (χ1v) is 9.55. The van der Waals surface area contributed by atoms with Crippen LogP contribution in [0.25, 0.3) is 10.9 Å². The van der Waals surface area contributed by atoms with E-state index in [2.05, 4.69) is 10.3 Å². The second kappa shape index (κ2) is 8.26. The summed E-state index contributed by atoms with van der Waals surface area (Å²) >= 11 is 1.10. The molecular weight excluding hydrogens is 376 g/mol. The van der Waals surface area contributed by atoms with E-state index in [0.717, 1.165) is 22.9 Å². The number of para-hydroxylation sites is 1. The lowest BCUT2D eigenvalue weighted by Crippen LogP contribution is -2.39. The summed E-state index contributed by atoms with van der Waals surface area (Å²) in [5.41, 5.74) is 7.46. The SMILES string of the molecule is Cc1ccc(Cn2c(S[C@H](C)C(=O)NC(N)=O)nc3ccccc3c2=O)cc1. The maximum atomic E-state index is 13.1. The number of thioether (sulfide) groups is 1. The summed E-state index contributed by atoms with van der Waals surface area (Å²) in [4.78, 5) is 40.7. The number of nitrogens with one attached hydrogen (secondary N) is 1. The van der Waals surface area contributed by atoms with Gasteiger partial charge < -0.3 is 5.73 Å². The minimum absolute atomic E-state index is 0.184. The third-order valence-corrected chi connectivity index (χ3v) is 5.28. The summed E-state index contributed by atoms with van der Waals surface area (Å²) in [5.74, 6) is -0.540. The Hall–Kier alpha value is -3.13. The Bertz CT molecular complexity index is 1090. The van der Waals surface area contributed by atoms with Crippen molar-refractivity contribution < 1.29 is 9.59 Å². The Kier molecular flexibility index (Phi) is 5.79. The first-order chi connectivity index (χ1) is 13.3. The number of fused-ring (bicyclic) bond motifs is 1. The van der Waals surface area contributed by atoms with Gasteiger partial charge in [0.25, 0.3) is 5.56 Å². The molecule has 0 aliphatic heterocycles. The predicted octanol–water partition coefficient (Wildman–Crippen LogP) is 2.43. The molecule has 3 N–H and O–H groups in total. The molecule has 1 aromatic heterocycles. The summed E-state index contributed by atoms with van der Waals surface area (Å²) in [5, 5.41) is 2.30. The summed E-state index contributed by atoms with van der Waals surface area (Å²) < 4.78 is 1.55. The Morgan fingerprint density at radius 2 is 1.86 bits per heavy atom. The van der Waals surface area contributed by atoms with E-state index in [0.29, 0.717) is 22.6 Å². The monoisotopic (exact) mass is 396 g/mol. The number of nitrogens with two attached hydrogens (primary N) is 1. The standard InChI is InChI=1S/C20H20N4O3S/c1-12-7-9-14(10-8-12)11-24-18(26)15-5-3-4-6-16(15)22-20(24)28-13(2)17(25)23-19(21)27/h3-10,13H,11H2,1-2H3,(H3,21,23,25,27)/t13-/m1/s1. The van der Waals surface area contributed by atoms with Gasteiger partial charge in [0.1, 0.15) is 0 Å². The molecule has 3 amide bonds. The van der Waals surface area contributed by atoms with Crippen LogP contribution in [0, 0.1) is 6.92 Å². The average molecular weight is 396 g/mol. The molecule has 0 fully saturated rings. The third kappa shape index (κ3) is 4.40. The van der Waals surface area contributed by atoms with Crippen LogP contribution < -0.4 is 16.6 Å². The van der Waals surface area contributed by atoms with Crippen LogP contribution in [0.5, 0.6) is 0 Å². The van der Waals surface area contributed by atoms with Gasteiger partial charge in [-0.3, -0.25) is 19.5 Å². The number of hydrogen-bond donors (Lipinski definition) is 2. The molecule has 3 rings (SSSR count). The van der Waals surface area contributed by atoms with Crippen molar-refractivity contribution in [1.29, 1.82) is 0 Å². The summed E-state index contributed by atoms with van der Waals surface area (Å²) in [6.07, 6.45) is 0. The molecule has 0 unspecified atom stereocenters. The number of rotatable bonds is 5. The molecule has 0 spiro atoms. The van der Waals surface area contributed by atoms with E-state index >= 15 is 0 Å². The number of hydrogen-bond acceptors (Lipinski definition) is 5. The topological polar surface area (TPSA) is 107 Å². The minimum Gasteiger partial charge on any atom is -0.351 e. The fourth-order valence-electron chi connectivity index (χ4n) is 2.69. The van der Waals surface area contributed by atoms with E-state index in [-0.39, 0.29) is 5.56 Å². The van der Waals surface area contributed by atoms with Crippen molar-refractivity contribution in [2.75, 3.05) is 0 Å². The molecule has 28 heavy (non-hydrogen) atoms. The molecule has 0 saturated heterocycles. The van der Waals surface area contributed by atoms with E-state index in [1.807, 2.05) is 31.2 Å². The van der Waals surface area contributed by atoms with Crippen molar-refractivity contribution in [3.05, 3.63) is 70.0 Å². The molecule has 7 nitrogen and oxygen atoms in total. The van der Waals surface area contributed by atoms with Crippen molar-refractivity contribution in [2.45, 2.75) is 30.8 Å². The molecular formula is C20H20N4O3S. The first kappa shape index (κ1) is 19.6. The highest BCUT2D eigenvalue weighted by Crippen LogP contribution is 2.23. The van der Waals surface area contributed by atoms with Gasteiger partial charge in [-0.1, -0.05) is 53.7 Å². The fraction of sp³-hybridized carbons (Fsp3) is 0.200. The zero-order valence-electron chi connectivity index (χ0n) is 15.5. The Morgan fingerprint density at radius 3 is 2.54 bits per heavy atom. The number of carbonyl (C=O) groups excluding carboxylic acids is 2. The van der Waals surface area contributed by atoms with Crippen molar-refractivity contribution in [1.82, 2.24) is 14.9 Å². The van der Waals surface area contributed by atoms with Crippen molar-refractivity contribution in [2.24, 2.45) is 5.73 Å². The number of primary amides is 1. The molecule has 0 radical (unpaired) electrons. The van der Waals surface area contributed by atoms with Crippen LogP contribution in [0.4, 0.5) is 4.79 Å². The summed E-state index contributed by atoms with van der Waals surface area (Å²) in [6, 6.07) is 14.0. The van der Waals surface area contributed by atoms with Crippen molar-refractivity contribution in [3.63, 3.8) is 0 Å². The molecule has 0 aliphatic carbocycles. The minimum atomic E-state index is -0.916. The van der Waals surface area contributed by atoms with Gasteiger partial charge >= 0.3 is 6.03 Å². The van der Waals surface area contributed by atoms with Gasteiger partial charge in [-0.2, -0.15) is 0 Å². The van der Waals surface area contributed by atoms with Gasteiger partial charge in [-0.05, 0) is 31.5 Å². The van der Waals surface area contributed by atoms with Gasteiger partial charge in [0.2, 0.25) is 5.91 Å². The van der Waals surface area contributed by atoms with Gasteiger partial charge in [0, 0.05) is 0 Å². The smallest absolute Gasteiger partial charge is 0.318 e. The zero-order valence-corrected chi connectivity index (χ0v) is 16.3.